The average molecular weight is 381 g/mol. The molecule has 142 valence electrons. The van der Waals surface area contributed by atoms with Gasteiger partial charge in [-0.05, 0) is 24.3 Å². The number of fused-ring (bicyclic) bond motifs is 1. The molecule has 0 unspecified atom stereocenters. The first-order valence-electron chi connectivity index (χ1n) is 7.91. The average Bonchev–Trinajstić information content (AvgIpc) is 2.95. The molecule has 3 rings (SSSR count). The molecule has 1 aliphatic rings. The number of carbonyl (C=O) groups excluding carboxylic acids is 2. The van der Waals surface area contributed by atoms with Crippen LogP contribution in [0.25, 0.3) is 10.9 Å². The fourth-order valence-electron chi connectivity index (χ4n) is 2.87. The van der Waals surface area contributed by atoms with E-state index in [0.29, 0.717) is 15.8 Å². The number of likely N-dealkylation sites (tertiary alicyclic amines) is 1. The SMILES string of the molecule is O=C(NCC(=O)N1CC(F)(F)C[C@H]1C(=O)O)c1ccc2cc(F)ccc2n1. The Morgan fingerprint density at radius 3 is 2.70 bits per heavy atom. The number of amides is 2. The number of rotatable bonds is 4. The number of benzene rings is 1. The van der Waals surface area contributed by atoms with Crippen molar-refractivity contribution < 1.29 is 32.7 Å². The second-order valence-corrected chi connectivity index (χ2v) is 6.15. The molecule has 0 bridgehead atoms. The van der Waals surface area contributed by atoms with Gasteiger partial charge in [-0.1, -0.05) is 6.07 Å². The van der Waals surface area contributed by atoms with Crippen molar-refractivity contribution in [1.82, 2.24) is 15.2 Å². The predicted octanol–water partition coefficient (Wildman–Crippen LogP) is 1.42. The summed E-state index contributed by atoms with van der Waals surface area (Å²) in [7, 11) is 0. The fraction of sp³-hybridized carbons (Fsp3) is 0.294. The van der Waals surface area contributed by atoms with Crippen LogP contribution in [-0.4, -0.2) is 57.8 Å². The van der Waals surface area contributed by atoms with E-state index in [0.717, 1.165) is 0 Å². The summed E-state index contributed by atoms with van der Waals surface area (Å²) in [5.74, 6) is -6.96. The monoisotopic (exact) mass is 381 g/mol. The zero-order chi connectivity index (χ0) is 19.8. The number of alkyl halides is 2. The number of carboxylic acid groups (broad SMARTS) is 1. The van der Waals surface area contributed by atoms with Crippen molar-refractivity contribution in [3.05, 3.63) is 41.8 Å². The zero-order valence-corrected chi connectivity index (χ0v) is 13.8. The molecule has 0 spiro atoms. The number of nitrogens with one attached hydrogen (secondary N) is 1. The Kier molecular flexibility index (Phi) is 4.73. The molecule has 2 aromatic rings. The zero-order valence-electron chi connectivity index (χ0n) is 13.8. The van der Waals surface area contributed by atoms with Gasteiger partial charge in [0.05, 0.1) is 18.6 Å². The Hall–Kier alpha value is -3.17. The Bertz CT molecular complexity index is 935. The van der Waals surface area contributed by atoms with Crippen LogP contribution in [0.15, 0.2) is 30.3 Å². The smallest absolute Gasteiger partial charge is 0.326 e. The summed E-state index contributed by atoms with van der Waals surface area (Å²) in [4.78, 5) is 39.9. The molecule has 1 aliphatic heterocycles. The maximum absolute atomic E-state index is 13.4. The highest BCUT2D eigenvalue weighted by Gasteiger charge is 2.50. The summed E-state index contributed by atoms with van der Waals surface area (Å²) >= 11 is 0. The number of aromatic nitrogens is 1. The Labute approximate surface area is 150 Å². The second kappa shape index (κ2) is 6.86. The number of aliphatic carboxylic acids is 1. The number of halogens is 3. The third kappa shape index (κ3) is 3.99. The number of pyridine rings is 1. The normalized spacial score (nSPS) is 18.5. The number of hydrogen-bond donors (Lipinski definition) is 2. The van der Waals surface area contributed by atoms with Crippen LogP contribution in [0, 0.1) is 5.82 Å². The number of hydrogen-bond acceptors (Lipinski definition) is 4. The summed E-state index contributed by atoms with van der Waals surface area (Å²) in [6, 6.07) is 4.97. The van der Waals surface area contributed by atoms with E-state index < -0.39 is 55.1 Å². The second-order valence-electron chi connectivity index (χ2n) is 6.15. The molecule has 1 aromatic heterocycles. The van der Waals surface area contributed by atoms with Gasteiger partial charge in [-0.25, -0.2) is 22.9 Å². The van der Waals surface area contributed by atoms with Gasteiger partial charge in [-0.15, -0.1) is 0 Å². The third-order valence-corrected chi connectivity index (χ3v) is 4.16. The highest BCUT2D eigenvalue weighted by Crippen LogP contribution is 2.32. The lowest BCUT2D eigenvalue weighted by Gasteiger charge is -2.20. The van der Waals surface area contributed by atoms with Gasteiger partial charge in [-0.3, -0.25) is 9.59 Å². The Balaban J connectivity index is 1.67. The van der Waals surface area contributed by atoms with Gasteiger partial charge in [-0.2, -0.15) is 0 Å². The van der Waals surface area contributed by atoms with Crippen molar-refractivity contribution in [2.75, 3.05) is 13.1 Å². The van der Waals surface area contributed by atoms with Crippen LogP contribution in [0.3, 0.4) is 0 Å². The molecular weight excluding hydrogens is 367 g/mol. The number of carboxylic acids is 1. The Morgan fingerprint density at radius 1 is 1.26 bits per heavy atom. The van der Waals surface area contributed by atoms with Gasteiger partial charge in [0.25, 0.3) is 11.8 Å². The molecule has 10 heteroatoms. The van der Waals surface area contributed by atoms with Gasteiger partial charge in [0.1, 0.15) is 17.6 Å². The van der Waals surface area contributed by atoms with E-state index in [1.165, 1.54) is 30.3 Å². The van der Waals surface area contributed by atoms with Crippen molar-refractivity contribution in [3.8, 4) is 0 Å². The Morgan fingerprint density at radius 2 is 2.00 bits per heavy atom. The first-order chi connectivity index (χ1) is 12.7. The van der Waals surface area contributed by atoms with Crippen LogP contribution in [0.5, 0.6) is 0 Å². The van der Waals surface area contributed by atoms with E-state index in [9.17, 15) is 27.6 Å². The van der Waals surface area contributed by atoms with Gasteiger partial charge < -0.3 is 15.3 Å². The van der Waals surface area contributed by atoms with Crippen molar-refractivity contribution in [3.63, 3.8) is 0 Å². The van der Waals surface area contributed by atoms with Crippen molar-refractivity contribution in [2.45, 2.75) is 18.4 Å². The molecule has 0 radical (unpaired) electrons. The standard InChI is InChI=1S/C17H14F3N3O4/c18-10-2-4-11-9(5-10)1-3-12(22-11)15(25)21-7-14(24)23-8-17(19,20)6-13(23)16(26)27/h1-5,13H,6-8H2,(H,21,25)(H,26,27)/t13-/m0/s1. The van der Waals surface area contributed by atoms with Crippen molar-refractivity contribution in [2.24, 2.45) is 0 Å². The van der Waals surface area contributed by atoms with Crippen LogP contribution in [0.4, 0.5) is 13.2 Å². The van der Waals surface area contributed by atoms with Crippen LogP contribution in [0.1, 0.15) is 16.9 Å². The topological polar surface area (TPSA) is 99.6 Å². The van der Waals surface area contributed by atoms with E-state index in [1.54, 1.807) is 0 Å². The summed E-state index contributed by atoms with van der Waals surface area (Å²) in [6.07, 6.45) is -0.967. The molecule has 7 nitrogen and oxygen atoms in total. The van der Waals surface area contributed by atoms with Gasteiger partial charge in [0.15, 0.2) is 0 Å². The van der Waals surface area contributed by atoms with Gasteiger partial charge in [0, 0.05) is 11.8 Å². The molecule has 2 amide bonds. The van der Waals surface area contributed by atoms with E-state index in [4.69, 9.17) is 5.11 Å². The molecule has 0 saturated carbocycles. The van der Waals surface area contributed by atoms with E-state index in [1.807, 2.05) is 0 Å². The first kappa shape index (κ1) is 18.6. The molecule has 1 saturated heterocycles. The number of nitrogens with zero attached hydrogens (tertiary/aromatic N) is 2. The molecule has 1 fully saturated rings. The first-order valence-corrected chi connectivity index (χ1v) is 7.91. The van der Waals surface area contributed by atoms with Crippen LogP contribution >= 0.6 is 0 Å². The van der Waals surface area contributed by atoms with Gasteiger partial charge in [0.2, 0.25) is 5.91 Å². The lowest BCUT2D eigenvalue weighted by atomic mass is 10.2. The van der Waals surface area contributed by atoms with Crippen LogP contribution < -0.4 is 5.32 Å². The quantitative estimate of drug-likeness (QED) is 0.835. The largest absolute Gasteiger partial charge is 0.480 e. The molecule has 0 aliphatic carbocycles. The summed E-state index contributed by atoms with van der Waals surface area (Å²) in [6.45, 7) is -1.67. The van der Waals surface area contributed by atoms with E-state index in [2.05, 4.69) is 10.3 Å². The maximum atomic E-state index is 13.4. The molecule has 2 heterocycles. The lowest BCUT2D eigenvalue weighted by Crippen LogP contribution is -2.45. The highest BCUT2D eigenvalue weighted by molar-refractivity contribution is 5.97. The summed E-state index contributed by atoms with van der Waals surface area (Å²) < 4.78 is 40.0. The molecule has 2 N–H and O–H groups in total. The van der Waals surface area contributed by atoms with Gasteiger partial charge >= 0.3 is 5.97 Å². The highest BCUT2D eigenvalue weighted by atomic mass is 19.3. The van der Waals surface area contributed by atoms with Crippen molar-refractivity contribution in [1.29, 1.82) is 0 Å². The van der Waals surface area contributed by atoms with Crippen LogP contribution in [-0.2, 0) is 9.59 Å². The number of carbonyl (C=O) groups is 3. The van der Waals surface area contributed by atoms with Crippen LogP contribution in [0.2, 0.25) is 0 Å². The van der Waals surface area contributed by atoms with E-state index in [-0.39, 0.29) is 5.69 Å². The minimum absolute atomic E-state index is 0.0524. The third-order valence-electron chi connectivity index (χ3n) is 4.16. The molecule has 1 atom stereocenters. The molecular formula is C17H14F3N3O4. The lowest BCUT2D eigenvalue weighted by molar-refractivity contribution is -0.147. The maximum Gasteiger partial charge on any atom is 0.326 e. The molecule has 27 heavy (non-hydrogen) atoms. The van der Waals surface area contributed by atoms with E-state index >= 15 is 0 Å². The predicted molar refractivity (Wildman–Crippen MR) is 86.7 cm³/mol. The van der Waals surface area contributed by atoms with Crippen molar-refractivity contribution >= 4 is 28.7 Å². The minimum Gasteiger partial charge on any atom is -0.480 e. The minimum atomic E-state index is -3.29. The summed E-state index contributed by atoms with van der Waals surface area (Å²) in [5, 5.41) is 11.7. The fourth-order valence-corrected chi connectivity index (χ4v) is 2.87. The summed E-state index contributed by atoms with van der Waals surface area (Å²) in [5.41, 5.74) is 0.309. The molecule has 1 aromatic carbocycles.